The van der Waals surface area contributed by atoms with Crippen LogP contribution in [0.5, 0.6) is 0 Å². The number of pyridine rings is 1. The van der Waals surface area contributed by atoms with Gasteiger partial charge >= 0.3 is 0 Å². The first kappa shape index (κ1) is 13.9. The second-order valence-corrected chi connectivity index (χ2v) is 4.67. The zero-order chi connectivity index (χ0) is 15.4. The van der Waals surface area contributed by atoms with Crippen molar-refractivity contribution in [2.45, 2.75) is 6.54 Å². The van der Waals surface area contributed by atoms with Gasteiger partial charge in [0.1, 0.15) is 5.82 Å². The minimum Gasteiger partial charge on any atom is -0.348 e. The molecule has 1 amide bonds. The Bertz CT molecular complexity index is 786. The molecule has 0 aliphatic rings. The molecule has 0 fully saturated rings. The van der Waals surface area contributed by atoms with Gasteiger partial charge in [-0.25, -0.2) is 14.1 Å². The summed E-state index contributed by atoms with van der Waals surface area (Å²) in [7, 11) is 0. The van der Waals surface area contributed by atoms with Crippen LogP contribution < -0.4 is 5.32 Å². The van der Waals surface area contributed by atoms with Crippen molar-refractivity contribution in [3.8, 4) is 5.82 Å². The van der Waals surface area contributed by atoms with Gasteiger partial charge in [0.05, 0.1) is 0 Å². The van der Waals surface area contributed by atoms with Crippen LogP contribution in [0.15, 0.2) is 61.1 Å². The SMILES string of the molecule is O=C(NCc1ccnc(-n2cccn2)c1)c1cccc(F)c1. The molecule has 110 valence electrons. The van der Waals surface area contributed by atoms with Crippen LogP contribution in [-0.2, 0) is 6.54 Å². The van der Waals surface area contributed by atoms with E-state index >= 15 is 0 Å². The summed E-state index contributed by atoms with van der Waals surface area (Å²) < 4.78 is 14.7. The minimum absolute atomic E-state index is 0.293. The normalized spacial score (nSPS) is 10.4. The van der Waals surface area contributed by atoms with Gasteiger partial charge in [-0.05, 0) is 42.0 Å². The average Bonchev–Trinajstić information content (AvgIpc) is 3.07. The molecule has 1 N–H and O–H groups in total. The van der Waals surface area contributed by atoms with Gasteiger partial charge in [-0.3, -0.25) is 4.79 Å². The average molecular weight is 296 g/mol. The molecule has 0 saturated heterocycles. The summed E-state index contributed by atoms with van der Waals surface area (Å²) >= 11 is 0. The van der Waals surface area contributed by atoms with Gasteiger partial charge in [-0.1, -0.05) is 6.07 Å². The Morgan fingerprint density at radius 3 is 2.86 bits per heavy atom. The van der Waals surface area contributed by atoms with E-state index in [0.29, 0.717) is 17.9 Å². The van der Waals surface area contributed by atoms with E-state index in [1.807, 2.05) is 6.07 Å². The summed E-state index contributed by atoms with van der Waals surface area (Å²) in [6.07, 6.45) is 5.11. The van der Waals surface area contributed by atoms with Gasteiger partial charge in [-0.15, -0.1) is 0 Å². The zero-order valence-electron chi connectivity index (χ0n) is 11.6. The van der Waals surface area contributed by atoms with Crippen molar-refractivity contribution in [2.75, 3.05) is 0 Å². The van der Waals surface area contributed by atoms with E-state index in [4.69, 9.17) is 0 Å². The number of halogens is 1. The Morgan fingerprint density at radius 1 is 1.18 bits per heavy atom. The molecule has 0 unspecified atom stereocenters. The smallest absolute Gasteiger partial charge is 0.251 e. The molecular formula is C16H13FN4O. The molecule has 0 aliphatic carbocycles. The number of benzene rings is 1. The van der Waals surface area contributed by atoms with Crippen LogP contribution in [-0.4, -0.2) is 20.7 Å². The summed E-state index contributed by atoms with van der Waals surface area (Å²) in [5.41, 5.74) is 1.17. The molecule has 2 heterocycles. The van der Waals surface area contributed by atoms with Crippen LogP contribution in [0.2, 0.25) is 0 Å². The number of hydrogen-bond donors (Lipinski definition) is 1. The Hall–Kier alpha value is -3.02. The highest BCUT2D eigenvalue weighted by Crippen LogP contribution is 2.07. The van der Waals surface area contributed by atoms with Gasteiger partial charge in [0, 0.05) is 30.7 Å². The van der Waals surface area contributed by atoms with E-state index in [1.54, 1.807) is 41.5 Å². The van der Waals surface area contributed by atoms with Gasteiger partial charge in [0.25, 0.3) is 5.91 Å². The summed E-state index contributed by atoms with van der Waals surface area (Å²) in [6.45, 7) is 0.326. The first-order chi connectivity index (χ1) is 10.7. The quantitative estimate of drug-likeness (QED) is 0.804. The highest BCUT2D eigenvalue weighted by atomic mass is 19.1. The molecule has 6 heteroatoms. The largest absolute Gasteiger partial charge is 0.348 e. The molecule has 0 aliphatic heterocycles. The van der Waals surface area contributed by atoms with E-state index in [-0.39, 0.29) is 5.91 Å². The lowest BCUT2D eigenvalue weighted by atomic mass is 10.2. The van der Waals surface area contributed by atoms with Crippen LogP contribution in [0.4, 0.5) is 4.39 Å². The molecule has 5 nitrogen and oxygen atoms in total. The van der Waals surface area contributed by atoms with E-state index < -0.39 is 5.82 Å². The van der Waals surface area contributed by atoms with Crippen molar-refractivity contribution in [2.24, 2.45) is 0 Å². The molecule has 3 aromatic rings. The Labute approximate surface area is 126 Å². The third kappa shape index (κ3) is 3.17. The molecule has 22 heavy (non-hydrogen) atoms. The Kier molecular flexibility index (Phi) is 3.91. The number of nitrogens with zero attached hydrogens (tertiary/aromatic N) is 3. The van der Waals surface area contributed by atoms with Crippen LogP contribution in [0.25, 0.3) is 5.82 Å². The van der Waals surface area contributed by atoms with Crippen LogP contribution in [0.1, 0.15) is 15.9 Å². The third-order valence-electron chi connectivity index (χ3n) is 3.09. The van der Waals surface area contributed by atoms with E-state index in [2.05, 4.69) is 15.4 Å². The number of aromatic nitrogens is 3. The lowest BCUT2D eigenvalue weighted by Crippen LogP contribution is -2.23. The number of hydrogen-bond acceptors (Lipinski definition) is 3. The third-order valence-corrected chi connectivity index (χ3v) is 3.09. The predicted octanol–water partition coefficient (Wildman–Crippen LogP) is 2.34. The summed E-state index contributed by atoms with van der Waals surface area (Å²) in [6, 6.07) is 11.0. The fourth-order valence-corrected chi connectivity index (χ4v) is 2.01. The number of amides is 1. The maximum Gasteiger partial charge on any atom is 0.251 e. The lowest BCUT2D eigenvalue weighted by molar-refractivity contribution is 0.0950. The van der Waals surface area contributed by atoms with Crippen LogP contribution >= 0.6 is 0 Å². The molecule has 0 saturated carbocycles. The highest BCUT2D eigenvalue weighted by molar-refractivity contribution is 5.94. The number of nitrogens with one attached hydrogen (secondary N) is 1. The first-order valence-electron chi connectivity index (χ1n) is 6.71. The van der Waals surface area contributed by atoms with Crippen LogP contribution in [0.3, 0.4) is 0 Å². The molecule has 1 aromatic carbocycles. The fourth-order valence-electron chi connectivity index (χ4n) is 2.01. The van der Waals surface area contributed by atoms with Crippen molar-refractivity contribution >= 4 is 5.91 Å². The summed E-state index contributed by atoms with van der Waals surface area (Å²) in [4.78, 5) is 16.2. The van der Waals surface area contributed by atoms with Crippen molar-refractivity contribution < 1.29 is 9.18 Å². The molecule has 3 rings (SSSR count). The summed E-state index contributed by atoms with van der Waals surface area (Å²) in [5, 5.41) is 6.86. The molecule has 2 aromatic heterocycles. The topological polar surface area (TPSA) is 59.8 Å². The zero-order valence-corrected chi connectivity index (χ0v) is 11.6. The number of carbonyl (C=O) groups excluding carboxylic acids is 1. The maximum atomic E-state index is 13.1. The van der Waals surface area contributed by atoms with Crippen LogP contribution in [0, 0.1) is 5.82 Å². The fraction of sp³-hybridized carbons (Fsp3) is 0.0625. The Morgan fingerprint density at radius 2 is 2.09 bits per heavy atom. The molecule has 0 radical (unpaired) electrons. The summed E-state index contributed by atoms with van der Waals surface area (Å²) in [5.74, 6) is -0.0861. The second-order valence-electron chi connectivity index (χ2n) is 4.67. The minimum atomic E-state index is -0.433. The van der Waals surface area contributed by atoms with Gasteiger partial charge in [-0.2, -0.15) is 5.10 Å². The number of carbonyl (C=O) groups is 1. The van der Waals surface area contributed by atoms with E-state index in [1.165, 1.54) is 18.2 Å². The maximum absolute atomic E-state index is 13.1. The predicted molar refractivity (Wildman–Crippen MR) is 78.9 cm³/mol. The highest BCUT2D eigenvalue weighted by Gasteiger charge is 2.07. The van der Waals surface area contributed by atoms with Gasteiger partial charge in [0.15, 0.2) is 5.82 Å². The molecule has 0 bridgehead atoms. The Balaban J connectivity index is 1.69. The van der Waals surface area contributed by atoms with Gasteiger partial charge < -0.3 is 5.32 Å². The van der Waals surface area contributed by atoms with E-state index in [9.17, 15) is 9.18 Å². The van der Waals surface area contributed by atoms with Crippen molar-refractivity contribution in [1.82, 2.24) is 20.1 Å². The first-order valence-corrected chi connectivity index (χ1v) is 6.71. The van der Waals surface area contributed by atoms with Crippen molar-refractivity contribution in [1.29, 1.82) is 0 Å². The molecule has 0 atom stereocenters. The van der Waals surface area contributed by atoms with Crippen molar-refractivity contribution in [3.63, 3.8) is 0 Å². The van der Waals surface area contributed by atoms with Crippen molar-refractivity contribution in [3.05, 3.63) is 78.0 Å². The second kappa shape index (κ2) is 6.17. The molecular weight excluding hydrogens is 283 g/mol. The van der Waals surface area contributed by atoms with E-state index in [0.717, 1.165) is 5.56 Å². The lowest BCUT2D eigenvalue weighted by Gasteiger charge is -2.07. The monoisotopic (exact) mass is 296 g/mol. The standard InChI is InChI=1S/C16H13FN4O/c17-14-4-1-3-13(10-14)16(22)19-11-12-5-7-18-15(9-12)21-8-2-6-20-21/h1-10H,11H2,(H,19,22). The van der Waals surface area contributed by atoms with Gasteiger partial charge in [0.2, 0.25) is 0 Å². The number of rotatable bonds is 4. The molecule has 0 spiro atoms.